The lowest BCUT2D eigenvalue weighted by Gasteiger charge is -2.28. The first kappa shape index (κ1) is 31.6. The highest BCUT2D eigenvalue weighted by Crippen LogP contribution is 2.47. The minimum Gasteiger partial charge on any atom is -0.456 e. The van der Waals surface area contributed by atoms with Crippen LogP contribution in [0.1, 0.15) is 0 Å². The zero-order chi connectivity index (χ0) is 36.3. The van der Waals surface area contributed by atoms with E-state index >= 15 is 0 Å². The normalized spacial score (nSPS) is 11.6. The lowest BCUT2D eigenvalue weighted by Crippen LogP contribution is -2.11. The lowest BCUT2D eigenvalue weighted by molar-refractivity contribution is 0.669. The van der Waals surface area contributed by atoms with Gasteiger partial charge in [-0.05, 0) is 75.5 Å². The fourth-order valence-electron chi connectivity index (χ4n) is 8.26. The Kier molecular flexibility index (Phi) is 7.39. The van der Waals surface area contributed by atoms with Crippen molar-refractivity contribution in [1.82, 2.24) is 0 Å². The molecule has 11 rings (SSSR count). The molecule has 0 N–H and O–H groups in total. The first-order valence-corrected chi connectivity index (χ1v) is 19.5. The van der Waals surface area contributed by atoms with Crippen LogP contribution >= 0.6 is 11.3 Å². The van der Waals surface area contributed by atoms with Gasteiger partial charge in [-0.15, -0.1) is 11.3 Å². The summed E-state index contributed by atoms with van der Waals surface area (Å²) in [6, 6.07) is 72.1. The topological polar surface area (TPSA) is 16.4 Å². The number of hydrogen-bond acceptors (Lipinski definition) is 3. The molecule has 11 aromatic rings. The van der Waals surface area contributed by atoms with Gasteiger partial charge in [0.1, 0.15) is 11.2 Å². The maximum atomic E-state index is 6.44. The summed E-state index contributed by atoms with van der Waals surface area (Å²) in [5, 5.41) is 7.36. The molecule has 0 atom stereocenters. The SMILES string of the molecule is c1ccc(N(c2ccc(-c3ccc(-c4cccc5ccccc45)cc3)cc2)c2ccc3c(c2)oc2ccccc23)c(-c2cccc3c2sc2ccccc23)c1. The van der Waals surface area contributed by atoms with E-state index in [0.29, 0.717) is 0 Å². The molecular weight excluding hydrogens is 687 g/mol. The number of fused-ring (bicyclic) bond motifs is 7. The predicted molar refractivity (Wildman–Crippen MR) is 235 cm³/mol. The van der Waals surface area contributed by atoms with Gasteiger partial charge in [0.15, 0.2) is 0 Å². The molecular formula is C52H33NOS. The zero-order valence-electron chi connectivity index (χ0n) is 29.8. The van der Waals surface area contributed by atoms with Crippen molar-refractivity contribution in [2.75, 3.05) is 4.90 Å². The molecule has 0 aliphatic heterocycles. The van der Waals surface area contributed by atoms with E-state index in [1.165, 1.54) is 64.3 Å². The third kappa shape index (κ3) is 5.32. The second-order valence-corrected chi connectivity index (χ2v) is 15.1. The highest BCUT2D eigenvalue weighted by atomic mass is 32.1. The molecule has 0 bridgehead atoms. The van der Waals surface area contributed by atoms with Crippen LogP contribution in [0.2, 0.25) is 0 Å². The Morgan fingerprint density at radius 2 is 0.945 bits per heavy atom. The maximum absolute atomic E-state index is 6.44. The summed E-state index contributed by atoms with van der Waals surface area (Å²) in [6.45, 7) is 0. The van der Waals surface area contributed by atoms with Crippen molar-refractivity contribution in [1.29, 1.82) is 0 Å². The minimum absolute atomic E-state index is 0.871. The van der Waals surface area contributed by atoms with Crippen molar-refractivity contribution >= 4 is 81.3 Å². The lowest BCUT2D eigenvalue weighted by atomic mass is 9.96. The van der Waals surface area contributed by atoms with Gasteiger partial charge >= 0.3 is 0 Å². The van der Waals surface area contributed by atoms with Gasteiger partial charge in [-0.1, -0.05) is 152 Å². The molecule has 0 radical (unpaired) electrons. The van der Waals surface area contributed by atoms with Crippen molar-refractivity contribution in [3.8, 4) is 33.4 Å². The van der Waals surface area contributed by atoms with Gasteiger partial charge in [0.2, 0.25) is 0 Å². The van der Waals surface area contributed by atoms with Gasteiger partial charge in [-0.25, -0.2) is 0 Å². The summed E-state index contributed by atoms with van der Waals surface area (Å²) in [7, 11) is 0. The van der Waals surface area contributed by atoms with Crippen LogP contribution in [-0.2, 0) is 0 Å². The zero-order valence-corrected chi connectivity index (χ0v) is 30.6. The molecule has 0 amide bonds. The molecule has 0 aliphatic rings. The van der Waals surface area contributed by atoms with Crippen molar-refractivity contribution < 1.29 is 4.42 Å². The summed E-state index contributed by atoms with van der Waals surface area (Å²) < 4.78 is 9.04. The van der Waals surface area contributed by atoms with Gasteiger partial charge in [0.25, 0.3) is 0 Å². The van der Waals surface area contributed by atoms with Crippen LogP contribution in [0.15, 0.2) is 205 Å². The Labute approximate surface area is 322 Å². The van der Waals surface area contributed by atoms with Crippen LogP contribution in [0, 0.1) is 0 Å². The average molecular weight is 720 g/mol. The summed E-state index contributed by atoms with van der Waals surface area (Å²) in [4.78, 5) is 2.38. The van der Waals surface area contributed by atoms with E-state index in [1.54, 1.807) is 0 Å². The fraction of sp³-hybridized carbons (Fsp3) is 0. The minimum atomic E-state index is 0.871. The molecule has 2 aromatic heterocycles. The van der Waals surface area contributed by atoms with E-state index < -0.39 is 0 Å². The van der Waals surface area contributed by atoms with Gasteiger partial charge < -0.3 is 9.32 Å². The van der Waals surface area contributed by atoms with E-state index in [4.69, 9.17) is 4.42 Å². The molecule has 55 heavy (non-hydrogen) atoms. The molecule has 0 saturated carbocycles. The van der Waals surface area contributed by atoms with Crippen LogP contribution < -0.4 is 4.90 Å². The fourth-order valence-corrected chi connectivity index (χ4v) is 9.49. The van der Waals surface area contributed by atoms with Gasteiger partial charge in [0, 0.05) is 59.5 Å². The molecule has 2 nitrogen and oxygen atoms in total. The molecule has 3 heteroatoms. The second kappa shape index (κ2) is 12.9. The first-order valence-electron chi connectivity index (χ1n) is 18.7. The smallest absolute Gasteiger partial charge is 0.137 e. The van der Waals surface area contributed by atoms with Crippen LogP contribution in [0.3, 0.4) is 0 Å². The van der Waals surface area contributed by atoms with Crippen molar-refractivity contribution in [2.45, 2.75) is 0 Å². The average Bonchev–Trinajstić information content (AvgIpc) is 3.82. The number of furan rings is 1. The Balaban J connectivity index is 1.04. The summed E-state index contributed by atoms with van der Waals surface area (Å²) in [5.74, 6) is 0. The third-order valence-electron chi connectivity index (χ3n) is 10.9. The predicted octanol–water partition coefficient (Wildman–Crippen LogP) is 15.6. The quantitative estimate of drug-likeness (QED) is 0.170. The second-order valence-electron chi connectivity index (χ2n) is 14.1. The van der Waals surface area contributed by atoms with Gasteiger partial charge in [-0.2, -0.15) is 0 Å². The first-order chi connectivity index (χ1) is 27.3. The number of thiophene rings is 1. The van der Waals surface area contributed by atoms with Crippen molar-refractivity contribution in [3.63, 3.8) is 0 Å². The Bertz CT molecular complexity index is 3200. The van der Waals surface area contributed by atoms with Crippen molar-refractivity contribution in [3.05, 3.63) is 200 Å². The molecule has 0 spiro atoms. The molecule has 0 aliphatic carbocycles. The molecule has 0 unspecified atom stereocenters. The number of hydrogen-bond donors (Lipinski definition) is 0. The third-order valence-corrected chi connectivity index (χ3v) is 12.1. The Hall–Kier alpha value is -6.94. The standard InChI is InChI=1S/C52H33NOS/c1-2-13-40-36(11-1)12-9-17-41(40)37-25-23-34(24-26-37)35-27-29-38(30-28-35)53(39-31-32-44-43-15-4-7-21-49(43)54-50(44)33-39)48-20-6-3-14-42(48)46-18-10-19-47-45-16-5-8-22-51(45)55-52(46)47/h1-33H. The molecule has 2 heterocycles. The monoisotopic (exact) mass is 719 g/mol. The number of nitrogens with zero attached hydrogens (tertiary/aromatic N) is 1. The highest BCUT2D eigenvalue weighted by Gasteiger charge is 2.21. The number of benzene rings is 9. The van der Waals surface area contributed by atoms with Gasteiger partial charge in [-0.3, -0.25) is 0 Å². The summed E-state index contributed by atoms with van der Waals surface area (Å²) >= 11 is 1.87. The Morgan fingerprint density at radius 3 is 1.82 bits per heavy atom. The summed E-state index contributed by atoms with van der Waals surface area (Å²) in [6.07, 6.45) is 0. The van der Waals surface area contributed by atoms with Gasteiger partial charge in [0.05, 0.1) is 5.69 Å². The number of para-hydroxylation sites is 2. The van der Waals surface area contributed by atoms with Crippen molar-refractivity contribution in [2.24, 2.45) is 0 Å². The van der Waals surface area contributed by atoms with E-state index in [1.807, 2.05) is 23.5 Å². The Morgan fingerprint density at radius 1 is 0.364 bits per heavy atom. The largest absolute Gasteiger partial charge is 0.456 e. The molecule has 0 fully saturated rings. The molecule has 258 valence electrons. The summed E-state index contributed by atoms with van der Waals surface area (Å²) in [5.41, 5.74) is 12.2. The molecule has 9 aromatic carbocycles. The van der Waals surface area contributed by atoms with Crippen LogP contribution in [0.25, 0.3) is 86.3 Å². The van der Waals surface area contributed by atoms with Crippen LogP contribution in [0.4, 0.5) is 17.1 Å². The van der Waals surface area contributed by atoms with E-state index in [9.17, 15) is 0 Å². The number of rotatable bonds is 6. The number of anilines is 3. The van der Waals surface area contributed by atoms with Crippen LogP contribution in [0.5, 0.6) is 0 Å². The maximum Gasteiger partial charge on any atom is 0.137 e. The van der Waals surface area contributed by atoms with E-state index in [-0.39, 0.29) is 0 Å². The highest BCUT2D eigenvalue weighted by molar-refractivity contribution is 7.26. The van der Waals surface area contributed by atoms with Crippen LogP contribution in [-0.4, -0.2) is 0 Å². The van der Waals surface area contributed by atoms with E-state index in [0.717, 1.165) is 39.0 Å². The van der Waals surface area contributed by atoms with E-state index in [2.05, 4.69) is 193 Å². The molecule has 0 saturated heterocycles.